The molecule has 1 aliphatic rings. The molecule has 0 aliphatic carbocycles. The van der Waals surface area contributed by atoms with Gasteiger partial charge in [0.1, 0.15) is 0 Å². The maximum absolute atomic E-state index is 9.12. The summed E-state index contributed by atoms with van der Waals surface area (Å²) in [5.74, 6) is 0. The summed E-state index contributed by atoms with van der Waals surface area (Å²) in [5.41, 5.74) is 0. The molecule has 0 bridgehead atoms. The van der Waals surface area contributed by atoms with Gasteiger partial charge in [-0.2, -0.15) is 0 Å². The average molecular weight is 158 g/mol. The zero-order valence-corrected chi connectivity index (χ0v) is 7.30. The van der Waals surface area contributed by atoms with Gasteiger partial charge >= 0.3 is 0 Å². The highest BCUT2D eigenvalue weighted by Gasteiger charge is 2.17. The van der Waals surface area contributed by atoms with Crippen LogP contribution >= 0.6 is 0 Å². The van der Waals surface area contributed by atoms with Crippen molar-refractivity contribution >= 4 is 0 Å². The molecule has 0 aromatic heterocycles. The zero-order chi connectivity index (χ0) is 8.27. The molecule has 1 heterocycles. The second-order valence-electron chi connectivity index (χ2n) is 3.51. The van der Waals surface area contributed by atoms with Crippen LogP contribution in [0.3, 0.4) is 0 Å². The molecule has 0 aromatic carbocycles. The van der Waals surface area contributed by atoms with Crippen LogP contribution in [0.2, 0.25) is 0 Å². The molecule has 0 radical (unpaired) electrons. The Labute approximate surface area is 68.2 Å². The third-order valence-corrected chi connectivity index (χ3v) is 1.99. The predicted octanol–water partition coefficient (Wildman–Crippen LogP) is -0.293. The van der Waals surface area contributed by atoms with Gasteiger partial charge in [0.25, 0.3) is 0 Å². The van der Waals surface area contributed by atoms with E-state index in [9.17, 15) is 0 Å². The van der Waals surface area contributed by atoms with Gasteiger partial charge in [-0.25, -0.2) is 0 Å². The maximum atomic E-state index is 9.12. The second-order valence-corrected chi connectivity index (χ2v) is 3.51. The summed E-state index contributed by atoms with van der Waals surface area (Å²) >= 11 is 0. The Morgan fingerprint density at radius 2 is 2.27 bits per heavy atom. The van der Waals surface area contributed by atoms with Crippen LogP contribution in [-0.2, 0) is 0 Å². The van der Waals surface area contributed by atoms with Gasteiger partial charge in [0.15, 0.2) is 0 Å². The molecule has 0 aromatic rings. The van der Waals surface area contributed by atoms with E-state index in [1.54, 1.807) is 0 Å². The molecular weight excluding hydrogens is 140 g/mol. The molecule has 66 valence electrons. The molecular formula is C8H18N2O. The number of nitrogens with one attached hydrogen (secondary N) is 2. The topological polar surface area (TPSA) is 44.3 Å². The summed E-state index contributed by atoms with van der Waals surface area (Å²) in [6.45, 7) is 6.01. The van der Waals surface area contributed by atoms with Crippen LogP contribution < -0.4 is 10.6 Å². The summed E-state index contributed by atoms with van der Waals surface area (Å²) in [7, 11) is 0. The minimum absolute atomic E-state index is 0.195. The summed E-state index contributed by atoms with van der Waals surface area (Å²) < 4.78 is 0. The highest BCUT2D eigenvalue weighted by molar-refractivity contribution is 4.81. The van der Waals surface area contributed by atoms with Gasteiger partial charge in [0, 0.05) is 25.2 Å². The number of rotatable bonds is 2. The van der Waals surface area contributed by atoms with Crippen molar-refractivity contribution < 1.29 is 5.11 Å². The van der Waals surface area contributed by atoms with Crippen molar-refractivity contribution in [3.8, 4) is 0 Å². The quantitative estimate of drug-likeness (QED) is 0.517. The fourth-order valence-electron chi connectivity index (χ4n) is 1.56. The van der Waals surface area contributed by atoms with Gasteiger partial charge in [0.05, 0.1) is 6.10 Å². The standard InChI is InChI=1S/C8H18N2O/c1-6-4-9-5-8(10-6)3-7(2)11/h6-11H,3-5H2,1-2H3/t6-,7+,8+/m1/s1. The molecule has 11 heavy (non-hydrogen) atoms. The maximum Gasteiger partial charge on any atom is 0.0527 e. The number of aliphatic hydroxyl groups excluding tert-OH is 1. The fourth-order valence-corrected chi connectivity index (χ4v) is 1.56. The monoisotopic (exact) mass is 158 g/mol. The van der Waals surface area contributed by atoms with Crippen molar-refractivity contribution in [1.82, 2.24) is 10.6 Å². The molecule has 3 nitrogen and oxygen atoms in total. The van der Waals surface area contributed by atoms with Crippen LogP contribution in [0.4, 0.5) is 0 Å². The van der Waals surface area contributed by atoms with E-state index < -0.39 is 0 Å². The van der Waals surface area contributed by atoms with Crippen molar-refractivity contribution in [2.45, 2.75) is 38.5 Å². The molecule has 1 saturated heterocycles. The Bertz CT molecular complexity index is 115. The number of hydrogen-bond donors (Lipinski definition) is 3. The molecule has 1 fully saturated rings. The number of aliphatic hydroxyl groups is 1. The number of piperazine rings is 1. The molecule has 0 saturated carbocycles. The Morgan fingerprint density at radius 3 is 2.82 bits per heavy atom. The molecule has 1 aliphatic heterocycles. The van der Waals surface area contributed by atoms with Gasteiger partial charge in [-0.15, -0.1) is 0 Å². The first-order valence-corrected chi connectivity index (χ1v) is 4.33. The smallest absolute Gasteiger partial charge is 0.0527 e. The molecule has 0 amide bonds. The Morgan fingerprint density at radius 1 is 1.55 bits per heavy atom. The van der Waals surface area contributed by atoms with Crippen molar-refractivity contribution in [3.05, 3.63) is 0 Å². The van der Waals surface area contributed by atoms with Gasteiger partial charge in [-0.1, -0.05) is 0 Å². The summed E-state index contributed by atoms with van der Waals surface area (Å²) in [5, 5.41) is 15.9. The second kappa shape index (κ2) is 4.04. The molecule has 0 spiro atoms. The van der Waals surface area contributed by atoms with Crippen molar-refractivity contribution in [2.24, 2.45) is 0 Å². The van der Waals surface area contributed by atoms with E-state index in [0.29, 0.717) is 12.1 Å². The minimum atomic E-state index is -0.195. The average Bonchev–Trinajstić information content (AvgIpc) is 1.85. The lowest BCUT2D eigenvalue weighted by atomic mass is 10.1. The van der Waals surface area contributed by atoms with Crippen LogP contribution in [0.25, 0.3) is 0 Å². The van der Waals surface area contributed by atoms with Gasteiger partial charge in [0.2, 0.25) is 0 Å². The highest BCUT2D eigenvalue weighted by Crippen LogP contribution is 2.01. The van der Waals surface area contributed by atoms with E-state index in [-0.39, 0.29) is 6.10 Å². The van der Waals surface area contributed by atoms with E-state index in [0.717, 1.165) is 19.5 Å². The largest absolute Gasteiger partial charge is 0.393 e. The lowest BCUT2D eigenvalue weighted by Crippen LogP contribution is -2.54. The Kier molecular flexibility index (Phi) is 3.30. The van der Waals surface area contributed by atoms with Crippen LogP contribution in [0.1, 0.15) is 20.3 Å². The first kappa shape index (κ1) is 8.97. The lowest BCUT2D eigenvalue weighted by molar-refractivity contribution is 0.158. The third-order valence-electron chi connectivity index (χ3n) is 1.99. The van der Waals surface area contributed by atoms with Crippen molar-refractivity contribution in [3.63, 3.8) is 0 Å². The lowest BCUT2D eigenvalue weighted by Gasteiger charge is -2.30. The summed E-state index contributed by atoms with van der Waals surface area (Å²) in [4.78, 5) is 0. The Balaban J connectivity index is 2.23. The van der Waals surface area contributed by atoms with E-state index >= 15 is 0 Å². The fraction of sp³-hybridized carbons (Fsp3) is 1.00. The van der Waals surface area contributed by atoms with Gasteiger partial charge < -0.3 is 15.7 Å². The van der Waals surface area contributed by atoms with E-state index in [1.165, 1.54) is 0 Å². The van der Waals surface area contributed by atoms with Crippen LogP contribution in [0.15, 0.2) is 0 Å². The summed E-state index contributed by atoms with van der Waals surface area (Å²) in [6.07, 6.45) is 0.650. The zero-order valence-electron chi connectivity index (χ0n) is 7.30. The molecule has 3 atom stereocenters. The van der Waals surface area contributed by atoms with Crippen molar-refractivity contribution in [1.29, 1.82) is 0 Å². The highest BCUT2D eigenvalue weighted by atomic mass is 16.3. The van der Waals surface area contributed by atoms with E-state index in [1.807, 2.05) is 6.92 Å². The van der Waals surface area contributed by atoms with E-state index in [4.69, 9.17) is 5.11 Å². The molecule has 0 unspecified atom stereocenters. The first-order chi connectivity index (χ1) is 5.18. The van der Waals surface area contributed by atoms with E-state index in [2.05, 4.69) is 17.6 Å². The Hall–Kier alpha value is -0.120. The van der Waals surface area contributed by atoms with Crippen molar-refractivity contribution in [2.75, 3.05) is 13.1 Å². The van der Waals surface area contributed by atoms with Crippen LogP contribution in [0.5, 0.6) is 0 Å². The SMILES string of the molecule is C[C@H](O)C[C@H]1CNC[C@@H](C)N1. The minimum Gasteiger partial charge on any atom is -0.393 e. The molecule has 1 rings (SSSR count). The molecule has 3 heteroatoms. The predicted molar refractivity (Wildman–Crippen MR) is 45.6 cm³/mol. The third kappa shape index (κ3) is 3.18. The van der Waals surface area contributed by atoms with Crippen LogP contribution in [0, 0.1) is 0 Å². The first-order valence-electron chi connectivity index (χ1n) is 4.33. The number of hydrogen-bond acceptors (Lipinski definition) is 3. The van der Waals surface area contributed by atoms with Gasteiger partial charge in [-0.05, 0) is 20.3 Å². The van der Waals surface area contributed by atoms with Gasteiger partial charge in [-0.3, -0.25) is 0 Å². The summed E-state index contributed by atoms with van der Waals surface area (Å²) in [6, 6.07) is 0.978. The normalized spacial score (nSPS) is 35.2. The van der Waals surface area contributed by atoms with Crippen LogP contribution in [-0.4, -0.2) is 36.4 Å². The molecule has 3 N–H and O–H groups in total.